The zero-order valence-corrected chi connectivity index (χ0v) is 12.5. The van der Waals surface area contributed by atoms with Crippen molar-refractivity contribution in [3.05, 3.63) is 11.6 Å². The minimum absolute atomic E-state index is 0.188. The second-order valence-electron chi connectivity index (χ2n) is 5.91. The largest absolute Gasteiger partial charge is 0.344 e. The first-order chi connectivity index (χ1) is 9.61. The molecule has 6 nitrogen and oxygen atoms in total. The van der Waals surface area contributed by atoms with E-state index in [-0.39, 0.29) is 5.92 Å². The molecule has 3 rings (SSSR count). The Bertz CT molecular complexity index is 512. The predicted molar refractivity (Wildman–Crippen MR) is 75.0 cm³/mol. The van der Waals surface area contributed by atoms with E-state index in [2.05, 4.69) is 26.6 Å². The number of carbonyl (C=O) groups excluding carboxylic acids is 1. The summed E-state index contributed by atoms with van der Waals surface area (Å²) in [5.41, 5.74) is 0. The number of hydrogen-bond acceptors (Lipinski definition) is 4. The second-order valence-corrected chi connectivity index (χ2v) is 5.91. The molecule has 0 aromatic carbocycles. The van der Waals surface area contributed by atoms with Gasteiger partial charge in [-0.1, -0.05) is 0 Å². The Labute approximate surface area is 119 Å². The lowest BCUT2D eigenvalue weighted by Crippen LogP contribution is -2.45. The number of amides is 1. The van der Waals surface area contributed by atoms with Crippen molar-refractivity contribution in [2.24, 2.45) is 5.92 Å². The van der Waals surface area contributed by atoms with Crippen LogP contribution in [0.1, 0.15) is 31.4 Å². The fraction of sp³-hybridized carbons (Fsp3) is 0.786. The Balaban J connectivity index is 1.78. The molecule has 0 N–H and O–H groups in total. The molecular weight excluding hydrogens is 254 g/mol. The minimum atomic E-state index is 0.188. The first-order valence-corrected chi connectivity index (χ1v) is 7.49. The van der Waals surface area contributed by atoms with Gasteiger partial charge < -0.3 is 9.47 Å². The average Bonchev–Trinajstić information content (AvgIpc) is 2.93. The molecule has 2 atom stereocenters. The lowest BCUT2D eigenvalue weighted by atomic mass is 9.91. The fourth-order valence-corrected chi connectivity index (χ4v) is 3.64. The zero-order valence-electron chi connectivity index (χ0n) is 12.5. The standard InChI is InChI=1S/C14H23N5O/c1-4-19-10(2)15-16-13(19)9-18-7-5-6-11-12(18)8-17(3)14(11)20/h11-12H,4-9H2,1-3H3/t11-,12-/m1/s1. The molecule has 0 aliphatic carbocycles. The lowest BCUT2D eigenvalue weighted by Gasteiger charge is -2.35. The van der Waals surface area contributed by atoms with Crippen LogP contribution in [0, 0.1) is 12.8 Å². The van der Waals surface area contributed by atoms with E-state index >= 15 is 0 Å². The van der Waals surface area contributed by atoms with Crippen LogP contribution in [0.15, 0.2) is 0 Å². The zero-order chi connectivity index (χ0) is 14.3. The van der Waals surface area contributed by atoms with Gasteiger partial charge in [-0.2, -0.15) is 0 Å². The molecule has 2 fully saturated rings. The number of fused-ring (bicyclic) bond motifs is 1. The molecule has 0 saturated carbocycles. The van der Waals surface area contributed by atoms with Crippen LogP contribution in [0.3, 0.4) is 0 Å². The Hall–Kier alpha value is -1.43. The predicted octanol–water partition coefficient (Wildman–Crippen LogP) is 0.659. The van der Waals surface area contributed by atoms with Crippen molar-refractivity contribution in [3.63, 3.8) is 0 Å². The molecule has 0 bridgehead atoms. The van der Waals surface area contributed by atoms with Gasteiger partial charge in [-0.15, -0.1) is 10.2 Å². The van der Waals surface area contributed by atoms with Crippen molar-refractivity contribution in [2.45, 2.75) is 45.8 Å². The highest BCUT2D eigenvalue weighted by Gasteiger charge is 2.43. The molecule has 6 heteroatoms. The number of carbonyl (C=O) groups is 1. The van der Waals surface area contributed by atoms with E-state index in [0.717, 1.165) is 50.7 Å². The van der Waals surface area contributed by atoms with Gasteiger partial charge in [0.2, 0.25) is 5.91 Å². The number of aryl methyl sites for hydroxylation is 1. The normalized spacial score (nSPS) is 27.1. The molecule has 0 spiro atoms. The number of hydrogen-bond donors (Lipinski definition) is 0. The Morgan fingerprint density at radius 1 is 1.35 bits per heavy atom. The third-order valence-corrected chi connectivity index (χ3v) is 4.72. The Morgan fingerprint density at radius 2 is 2.15 bits per heavy atom. The summed E-state index contributed by atoms with van der Waals surface area (Å²) >= 11 is 0. The Morgan fingerprint density at radius 3 is 2.90 bits per heavy atom. The summed E-state index contributed by atoms with van der Waals surface area (Å²) in [5, 5.41) is 8.48. The first-order valence-electron chi connectivity index (χ1n) is 7.49. The summed E-state index contributed by atoms with van der Waals surface area (Å²) in [5.74, 6) is 2.49. The van der Waals surface area contributed by atoms with Crippen LogP contribution in [0.25, 0.3) is 0 Å². The summed E-state index contributed by atoms with van der Waals surface area (Å²) in [4.78, 5) is 16.4. The summed E-state index contributed by atoms with van der Waals surface area (Å²) in [6.45, 7) is 7.71. The van der Waals surface area contributed by atoms with E-state index in [1.165, 1.54) is 0 Å². The van der Waals surface area contributed by atoms with E-state index in [1.54, 1.807) is 0 Å². The van der Waals surface area contributed by atoms with Gasteiger partial charge in [0, 0.05) is 26.2 Å². The number of nitrogens with zero attached hydrogens (tertiary/aromatic N) is 5. The molecule has 1 aromatic heterocycles. The van der Waals surface area contributed by atoms with Gasteiger partial charge in [0.1, 0.15) is 11.6 Å². The number of likely N-dealkylation sites (N-methyl/N-ethyl adjacent to an activating group) is 1. The van der Waals surface area contributed by atoms with Crippen LogP contribution < -0.4 is 0 Å². The number of rotatable bonds is 3. The summed E-state index contributed by atoms with van der Waals surface area (Å²) in [6.07, 6.45) is 2.13. The average molecular weight is 277 g/mol. The molecular formula is C14H23N5O. The van der Waals surface area contributed by atoms with Crippen LogP contribution in [-0.4, -0.2) is 56.7 Å². The van der Waals surface area contributed by atoms with Crippen molar-refractivity contribution in [1.82, 2.24) is 24.6 Å². The first kappa shape index (κ1) is 13.5. The Kier molecular flexibility index (Phi) is 3.50. The van der Waals surface area contributed by atoms with Crippen molar-refractivity contribution >= 4 is 5.91 Å². The van der Waals surface area contributed by atoms with E-state index in [1.807, 2.05) is 18.9 Å². The highest BCUT2D eigenvalue weighted by molar-refractivity contribution is 5.81. The number of aromatic nitrogens is 3. The monoisotopic (exact) mass is 277 g/mol. The van der Waals surface area contributed by atoms with Crippen molar-refractivity contribution < 1.29 is 4.79 Å². The van der Waals surface area contributed by atoms with Gasteiger partial charge >= 0.3 is 0 Å². The van der Waals surface area contributed by atoms with Crippen molar-refractivity contribution in [3.8, 4) is 0 Å². The highest BCUT2D eigenvalue weighted by Crippen LogP contribution is 2.31. The van der Waals surface area contributed by atoms with Crippen molar-refractivity contribution in [1.29, 1.82) is 0 Å². The maximum absolute atomic E-state index is 12.1. The van der Waals surface area contributed by atoms with Gasteiger partial charge in [0.25, 0.3) is 0 Å². The molecule has 20 heavy (non-hydrogen) atoms. The molecule has 110 valence electrons. The van der Waals surface area contributed by atoms with Crippen LogP contribution in [0.2, 0.25) is 0 Å². The van der Waals surface area contributed by atoms with Gasteiger partial charge in [-0.3, -0.25) is 9.69 Å². The minimum Gasteiger partial charge on any atom is -0.344 e. The third-order valence-electron chi connectivity index (χ3n) is 4.72. The molecule has 2 saturated heterocycles. The quantitative estimate of drug-likeness (QED) is 0.814. The smallest absolute Gasteiger partial charge is 0.227 e. The van der Waals surface area contributed by atoms with Crippen LogP contribution in [0.5, 0.6) is 0 Å². The van der Waals surface area contributed by atoms with Gasteiger partial charge in [0.15, 0.2) is 0 Å². The van der Waals surface area contributed by atoms with Crippen LogP contribution in [0.4, 0.5) is 0 Å². The van der Waals surface area contributed by atoms with E-state index in [0.29, 0.717) is 11.9 Å². The highest BCUT2D eigenvalue weighted by atomic mass is 16.2. The maximum Gasteiger partial charge on any atom is 0.227 e. The van der Waals surface area contributed by atoms with E-state index in [4.69, 9.17) is 0 Å². The third kappa shape index (κ3) is 2.12. The maximum atomic E-state index is 12.1. The van der Waals surface area contributed by atoms with Crippen LogP contribution >= 0.6 is 0 Å². The number of likely N-dealkylation sites (tertiary alicyclic amines) is 2. The summed E-state index contributed by atoms with van der Waals surface area (Å²) in [7, 11) is 1.91. The topological polar surface area (TPSA) is 54.3 Å². The molecule has 1 aromatic rings. The van der Waals surface area contributed by atoms with Gasteiger partial charge in [-0.05, 0) is 33.2 Å². The SMILES string of the molecule is CCn1c(C)nnc1CN1CCC[C@H]2C(=O)N(C)C[C@H]21. The lowest BCUT2D eigenvalue weighted by molar-refractivity contribution is -0.130. The van der Waals surface area contributed by atoms with Crippen LogP contribution in [-0.2, 0) is 17.9 Å². The van der Waals surface area contributed by atoms with E-state index < -0.39 is 0 Å². The van der Waals surface area contributed by atoms with Crippen molar-refractivity contribution in [2.75, 3.05) is 20.1 Å². The molecule has 3 heterocycles. The van der Waals surface area contributed by atoms with Gasteiger partial charge in [-0.25, -0.2) is 0 Å². The van der Waals surface area contributed by atoms with E-state index in [9.17, 15) is 4.79 Å². The summed E-state index contributed by atoms with van der Waals surface area (Å²) < 4.78 is 2.16. The molecule has 1 amide bonds. The molecule has 2 aliphatic rings. The number of piperidine rings is 1. The molecule has 2 aliphatic heterocycles. The second kappa shape index (κ2) is 5.16. The molecule has 0 unspecified atom stereocenters. The fourth-order valence-electron chi connectivity index (χ4n) is 3.64. The summed E-state index contributed by atoms with van der Waals surface area (Å²) in [6, 6.07) is 0.351. The molecule has 0 radical (unpaired) electrons. The van der Waals surface area contributed by atoms with Gasteiger partial charge in [0.05, 0.1) is 12.5 Å².